The van der Waals surface area contributed by atoms with Crippen LogP contribution < -0.4 is 5.32 Å². The van der Waals surface area contributed by atoms with E-state index in [4.69, 9.17) is 4.98 Å². The minimum absolute atomic E-state index is 0.170. The van der Waals surface area contributed by atoms with Gasteiger partial charge in [-0.25, -0.2) is 4.98 Å². The van der Waals surface area contributed by atoms with Crippen LogP contribution in [0.5, 0.6) is 0 Å². The summed E-state index contributed by atoms with van der Waals surface area (Å²) in [7, 11) is 0. The van der Waals surface area contributed by atoms with E-state index in [0.29, 0.717) is 6.04 Å². The molecule has 5 heteroatoms. The van der Waals surface area contributed by atoms with Crippen LogP contribution in [-0.4, -0.2) is 45.5 Å². The van der Waals surface area contributed by atoms with Crippen LogP contribution in [0, 0.1) is 0 Å². The van der Waals surface area contributed by atoms with Gasteiger partial charge in [-0.15, -0.1) is 11.3 Å². The van der Waals surface area contributed by atoms with Gasteiger partial charge in [0, 0.05) is 35.8 Å². The molecule has 2 aromatic heterocycles. The highest BCUT2D eigenvalue weighted by Gasteiger charge is 2.36. The Balaban J connectivity index is 1.78. The van der Waals surface area contributed by atoms with E-state index >= 15 is 0 Å². The summed E-state index contributed by atoms with van der Waals surface area (Å²) in [5.41, 5.74) is 1.36. The predicted octanol–water partition coefficient (Wildman–Crippen LogP) is 2.79. The normalized spacial score (nSPS) is 18.6. The molecule has 0 radical (unpaired) electrons. The minimum atomic E-state index is 0.170. The van der Waals surface area contributed by atoms with Crippen molar-refractivity contribution < 1.29 is 0 Å². The second-order valence-corrected chi connectivity index (χ2v) is 7.36. The summed E-state index contributed by atoms with van der Waals surface area (Å²) in [5.74, 6) is 0. The number of rotatable bonds is 6. The Morgan fingerprint density at radius 3 is 2.81 bits per heavy atom. The standard InChI is InChI=1S/C16H26N4S/c1-4-17-14(16(2,3)20-7-5-6-8-20)11-13-12-19-9-10-21-15(19)18-13/h9-10,12,14,17H,4-8,11H2,1-3H3. The lowest BCUT2D eigenvalue weighted by Crippen LogP contribution is -2.57. The van der Waals surface area contributed by atoms with Gasteiger partial charge in [0.05, 0.1) is 5.69 Å². The van der Waals surface area contributed by atoms with E-state index in [2.05, 4.69) is 53.2 Å². The van der Waals surface area contributed by atoms with Gasteiger partial charge in [0.15, 0.2) is 4.96 Å². The third kappa shape index (κ3) is 3.00. The van der Waals surface area contributed by atoms with Gasteiger partial charge in [0.25, 0.3) is 0 Å². The Morgan fingerprint density at radius 2 is 2.14 bits per heavy atom. The fourth-order valence-corrected chi connectivity index (χ4v) is 4.13. The lowest BCUT2D eigenvalue weighted by atomic mass is 9.89. The largest absolute Gasteiger partial charge is 0.312 e. The van der Waals surface area contributed by atoms with Crippen LogP contribution in [0.1, 0.15) is 39.3 Å². The van der Waals surface area contributed by atoms with Crippen molar-refractivity contribution in [1.82, 2.24) is 19.6 Å². The van der Waals surface area contributed by atoms with Gasteiger partial charge >= 0.3 is 0 Å². The smallest absolute Gasteiger partial charge is 0.193 e. The number of imidazole rings is 1. The highest BCUT2D eigenvalue weighted by Crippen LogP contribution is 2.26. The topological polar surface area (TPSA) is 32.6 Å². The van der Waals surface area contributed by atoms with E-state index in [0.717, 1.165) is 17.9 Å². The summed E-state index contributed by atoms with van der Waals surface area (Å²) < 4.78 is 2.13. The fraction of sp³-hybridized carbons (Fsp3) is 0.688. The van der Waals surface area contributed by atoms with Crippen LogP contribution >= 0.6 is 11.3 Å². The Morgan fingerprint density at radius 1 is 1.38 bits per heavy atom. The van der Waals surface area contributed by atoms with Crippen LogP contribution in [0.3, 0.4) is 0 Å². The first-order valence-corrected chi connectivity index (χ1v) is 8.88. The molecule has 3 heterocycles. The van der Waals surface area contributed by atoms with Gasteiger partial charge < -0.3 is 5.32 Å². The third-order valence-electron chi connectivity index (χ3n) is 4.78. The molecule has 4 nitrogen and oxygen atoms in total. The Bertz CT molecular complexity index is 551. The first kappa shape index (κ1) is 15.0. The molecule has 1 unspecified atom stereocenters. The van der Waals surface area contributed by atoms with E-state index in [1.165, 1.54) is 31.6 Å². The summed E-state index contributed by atoms with van der Waals surface area (Å²) >= 11 is 1.70. The van der Waals surface area contributed by atoms with Gasteiger partial charge in [0.1, 0.15) is 0 Å². The van der Waals surface area contributed by atoms with E-state index in [9.17, 15) is 0 Å². The SMILES string of the molecule is CCNC(Cc1cn2ccsc2n1)C(C)(C)N1CCCC1. The summed E-state index contributed by atoms with van der Waals surface area (Å²) in [4.78, 5) is 8.49. The van der Waals surface area contributed by atoms with Crippen molar-refractivity contribution in [2.75, 3.05) is 19.6 Å². The Labute approximate surface area is 131 Å². The second-order valence-electron chi connectivity index (χ2n) is 6.49. The maximum atomic E-state index is 4.76. The zero-order chi connectivity index (χ0) is 14.9. The van der Waals surface area contributed by atoms with Crippen molar-refractivity contribution in [2.24, 2.45) is 0 Å². The molecular formula is C16H26N4S. The van der Waals surface area contributed by atoms with Crippen molar-refractivity contribution in [3.63, 3.8) is 0 Å². The van der Waals surface area contributed by atoms with Crippen molar-refractivity contribution in [3.8, 4) is 0 Å². The number of aromatic nitrogens is 2. The number of nitrogens with zero attached hydrogens (tertiary/aromatic N) is 3. The first-order valence-electron chi connectivity index (χ1n) is 8.00. The molecule has 0 bridgehead atoms. The van der Waals surface area contributed by atoms with Gasteiger partial charge in [-0.3, -0.25) is 9.30 Å². The average Bonchev–Trinajstić information content (AvgIpc) is 3.14. The molecule has 0 saturated carbocycles. The number of thiazole rings is 1. The molecule has 0 aromatic carbocycles. The van der Waals surface area contributed by atoms with Crippen molar-refractivity contribution in [2.45, 2.75) is 51.6 Å². The number of hydrogen-bond donors (Lipinski definition) is 1. The molecule has 0 spiro atoms. The highest BCUT2D eigenvalue weighted by atomic mass is 32.1. The van der Waals surface area contributed by atoms with Crippen molar-refractivity contribution in [1.29, 1.82) is 0 Å². The lowest BCUT2D eigenvalue weighted by Gasteiger charge is -2.42. The van der Waals surface area contributed by atoms with Crippen molar-refractivity contribution >= 4 is 16.3 Å². The van der Waals surface area contributed by atoms with Gasteiger partial charge in [-0.1, -0.05) is 6.92 Å². The number of likely N-dealkylation sites (N-methyl/N-ethyl adjacent to an activating group) is 1. The predicted molar refractivity (Wildman–Crippen MR) is 89.1 cm³/mol. The molecule has 1 atom stereocenters. The van der Waals surface area contributed by atoms with Crippen LogP contribution in [0.2, 0.25) is 0 Å². The maximum Gasteiger partial charge on any atom is 0.193 e. The van der Waals surface area contributed by atoms with Crippen LogP contribution in [-0.2, 0) is 6.42 Å². The second kappa shape index (κ2) is 6.07. The molecule has 1 N–H and O–H groups in total. The van der Waals surface area contributed by atoms with Gasteiger partial charge in [-0.05, 0) is 46.3 Å². The molecule has 2 aromatic rings. The third-order valence-corrected chi connectivity index (χ3v) is 5.55. The molecule has 1 aliphatic heterocycles. The maximum absolute atomic E-state index is 4.76. The van der Waals surface area contributed by atoms with Gasteiger partial charge in [-0.2, -0.15) is 0 Å². The van der Waals surface area contributed by atoms with E-state index in [-0.39, 0.29) is 5.54 Å². The zero-order valence-corrected chi connectivity index (χ0v) is 14.1. The fourth-order valence-electron chi connectivity index (χ4n) is 3.42. The number of likely N-dealkylation sites (tertiary alicyclic amines) is 1. The molecule has 1 saturated heterocycles. The Hall–Kier alpha value is -0.910. The number of fused-ring (bicyclic) bond motifs is 1. The Kier molecular flexibility index (Phi) is 4.33. The molecule has 1 aliphatic rings. The molecule has 3 rings (SSSR count). The van der Waals surface area contributed by atoms with Gasteiger partial charge in [0.2, 0.25) is 0 Å². The van der Waals surface area contributed by atoms with E-state index in [1.54, 1.807) is 11.3 Å². The summed E-state index contributed by atoms with van der Waals surface area (Å²) in [6, 6.07) is 0.435. The zero-order valence-electron chi connectivity index (χ0n) is 13.3. The van der Waals surface area contributed by atoms with Crippen LogP contribution in [0.25, 0.3) is 4.96 Å². The van der Waals surface area contributed by atoms with Crippen LogP contribution in [0.4, 0.5) is 0 Å². The van der Waals surface area contributed by atoms with Crippen molar-refractivity contribution in [3.05, 3.63) is 23.5 Å². The number of nitrogens with one attached hydrogen (secondary N) is 1. The molecule has 1 fully saturated rings. The molecular weight excluding hydrogens is 280 g/mol. The molecule has 21 heavy (non-hydrogen) atoms. The lowest BCUT2D eigenvalue weighted by molar-refractivity contribution is 0.107. The highest BCUT2D eigenvalue weighted by molar-refractivity contribution is 7.15. The average molecular weight is 306 g/mol. The molecule has 116 valence electrons. The summed E-state index contributed by atoms with van der Waals surface area (Å²) in [6.45, 7) is 10.4. The molecule has 0 amide bonds. The monoisotopic (exact) mass is 306 g/mol. The summed E-state index contributed by atoms with van der Waals surface area (Å²) in [5, 5.41) is 5.78. The van der Waals surface area contributed by atoms with E-state index in [1.807, 2.05) is 0 Å². The summed E-state index contributed by atoms with van der Waals surface area (Å²) in [6.07, 6.45) is 7.93. The van der Waals surface area contributed by atoms with Crippen LogP contribution in [0.15, 0.2) is 17.8 Å². The van der Waals surface area contributed by atoms with E-state index < -0.39 is 0 Å². The quantitative estimate of drug-likeness (QED) is 0.891. The molecule has 0 aliphatic carbocycles. The first-order chi connectivity index (χ1) is 10.1. The minimum Gasteiger partial charge on any atom is -0.312 e. The number of hydrogen-bond acceptors (Lipinski definition) is 4.